The number of nitrogen functional groups attached to an aromatic ring is 1. The van der Waals surface area contributed by atoms with Gasteiger partial charge in [0.15, 0.2) is 22.5 Å². The van der Waals surface area contributed by atoms with E-state index in [0.29, 0.717) is 11.1 Å². The molecule has 0 atom stereocenters. The molecule has 2 aromatic heterocycles. The van der Waals surface area contributed by atoms with E-state index >= 15 is 0 Å². The summed E-state index contributed by atoms with van der Waals surface area (Å²) >= 11 is 3.21. The Morgan fingerprint density at radius 3 is 2.73 bits per heavy atom. The second kappa shape index (κ2) is 10.5. The third kappa shape index (κ3) is 4.85. The zero-order valence-electron chi connectivity index (χ0n) is 16.9. The van der Waals surface area contributed by atoms with E-state index in [0.717, 1.165) is 35.7 Å². The summed E-state index contributed by atoms with van der Waals surface area (Å²) in [6, 6.07) is 5.98. The first-order valence-corrected chi connectivity index (χ1v) is 9.93. The topological polar surface area (TPSA) is 136 Å². The van der Waals surface area contributed by atoms with E-state index in [2.05, 4.69) is 54.2 Å². The second-order valence-corrected chi connectivity index (χ2v) is 6.79. The highest BCUT2D eigenvalue weighted by molar-refractivity contribution is 9.10. The number of carbonyl (C=O) groups excluding carboxylic acids is 1. The second-order valence-electron chi connectivity index (χ2n) is 5.97. The van der Waals surface area contributed by atoms with Crippen LogP contribution in [0.3, 0.4) is 0 Å². The van der Waals surface area contributed by atoms with E-state index in [9.17, 15) is 4.79 Å². The molecule has 160 valence electrons. The van der Waals surface area contributed by atoms with Crippen LogP contribution in [0.15, 0.2) is 29.0 Å². The number of halogens is 1. The number of nitrogens with zero attached hydrogens (tertiary/aromatic N) is 4. The highest BCUT2D eigenvalue weighted by Gasteiger charge is 2.25. The van der Waals surface area contributed by atoms with Crippen molar-refractivity contribution in [2.24, 2.45) is 0 Å². The molecule has 1 amide bonds. The Labute approximate surface area is 181 Å². The van der Waals surface area contributed by atoms with Gasteiger partial charge in [0.2, 0.25) is 0 Å². The van der Waals surface area contributed by atoms with Crippen LogP contribution < -0.4 is 20.4 Å². The van der Waals surface area contributed by atoms with Crippen LogP contribution in [0.2, 0.25) is 0 Å². The van der Waals surface area contributed by atoms with E-state index in [1.807, 2.05) is 18.2 Å². The van der Waals surface area contributed by atoms with Crippen LogP contribution in [0.1, 0.15) is 30.2 Å². The molecule has 30 heavy (non-hydrogen) atoms. The number of aryl methyl sites for hydroxylation is 2. The van der Waals surface area contributed by atoms with Crippen molar-refractivity contribution < 1.29 is 24.0 Å². The molecule has 0 spiro atoms. The van der Waals surface area contributed by atoms with E-state index in [4.69, 9.17) is 20.4 Å². The monoisotopic (exact) mass is 479 g/mol. The van der Waals surface area contributed by atoms with Crippen LogP contribution in [0.25, 0.3) is 11.0 Å². The number of amides is 1. The van der Waals surface area contributed by atoms with Gasteiger partial charge in [-0.25, -0.2) is 19.1 Å². The zero-order valence-corrected chi connectivity index (χ0v) is 18.5. The first kappa shape index (κ1) is 23.1. The van der Waals surface area contributed by atoms with Crippen molar-refractivity contribution >= 4 is 45.2 Å². The standard InChI is InChI=1S/C18H21BrN6O2.CH2O2/c1-4-24-12-7-6-11(27-3)8-13(12)25(5-2)15(24)10-22-18(26)16-17(20)21-9-14(19)23-16;2-1-3/h6-9H,4-5,10H2,1-3H3,(H2-,20,21,22,26);1H,(H,2,3)/p+1. The Balaban J connectivity index is 0.00000101. The molecule has 10 nitrogen and oxygen atoms in total. The quantitative estimate of drug-likeness (QED) is 0.361. The summed E-state index contributed by atoms with van der Waals surface area (Å²) in [4.78, 5) is 29.0. The first-order chi connectivity index (χ1) is 14.4. The summed E-state index contributed by atoms with van der Waals surface area (Å²) in [6.07, 6.45) is 1.46. The average molecular weight is 480 g/mol. The molecule has 0 aliphatic heterocycles. The molecule has 4 N–H and O–H groups in total. The summed E-state index contributed by atoms with van der Waals surface area (Å²) in [7, 11) is 1.65. The molecular weight excluding hydrogens is 456 g/mol. The molecule has 1 aromatic carbocycles. The van der Waals surface area contributed by atoms with Crippen molar-refractivity contribution in [1.82, 2.24) is 19.9 Å². The molecule has 3 rings (SSSR count). The minimum absolute atomic E-state index is 0.0971. The first-order valence-electron chi connectivity index (χ1n) is 9.14. The van der Waals surface area contributed by atoms with E-state index < -0.39 is 0 Å². The third-order valence-corrected chi connectivity index (χ3v) is 4.80. The molecule has 0 bridgehead atoms. The van der Waals surface area contributed by atoms with Crippen LogP contribution in [0.4, 0.5) is 5.82 Å². The van der Waals surface area contributed by atoms with Crippen LogP contribution in [0.5, 0.6) is 5.75 Å². The SMILES string of the molecule is CCn1c(CNC(=O)c2nc(Br)cnc2N)[n+](CC)c2ccc(OC)cc21.O=CO. The molecule has 0 aliphatic rings. The summed E-state index contributed by atoms with van der Waals surface area (Å²) in [6.45, 7) is 5.78. The normalized spacial score (nSPS) is 10.3. The van der Waals surface area contributed by atoms with E-state index in [1.165, 1.54) is 6.20 Å². The number of rotatable bonds is 6. The van der Waals surface area contributed by atoms with Crippen molar-refractivity contribution in [3.05, 3.63) is 40.5 Å². The number of hydrogen-bond acceptors (Lipinski definition) is 6. The largest absolute Gasteiger partial charge is 0.497 e. The summed E-state index contributed by atoms with van der Waals surface area (Å²) < 4.78 is 10.2. The van der Waals surface area contributed by atoms with Crippen LogP contribution in [-0.2, 0) is 24.4 Å². The number of carbonyl (C=O) groups is 2. The minimum atomic E-state index is -0.366. The summed E-state index contributed by atoms with van der Waals surface area (Å²) in [5, 5.41) is 9.80. The molecule has 0 saturated carbocycles. The number of nitrogens with two attached hydrogens (primary N) is 1. The fourth-order valence-corrected chi connectivity index (χ4v) is 3.46. The number of hydrogen-bond donors (Lipinski definition) is 3. The smallest absolute Gasteiger partial charge is 0.290 e. The maximum absolute atomic E-state index is 12.6. The van der Waals surface area contributed by atoms with Gasteiger partial charge in [-0.3, -0.25) is 9.59 Å². The van der Waals surface area contributed by atoms with Gasteiger partial charge in [0.05, 0.1) is 26.4 Å². The number of fused-ring (bicyclic) bond motifs is 1. The molecule has 2 heterocycles. The lowest BCUT2D eigenvalue weighted by molar-refractivity contribution is -0.676. The molecule has 0 aliphatic carbocycles. The molecule has 0 fully saturated rings. The molecule has 0 radical (unpaired) electrons. The highest BCUT2D eigenvalue weighted by atomic mass is 79.9. The van der Waals surface area contributed by atoms with Gasteiger partial charge in [-0.1, -0.05) is 0 Å². The number of carboxylic acid groups (broad SMARTS) is 1. The molecule has 3 aromatic rings. The van der Waals surface area contributed by atoms with Crippen LogP contribution in [0, 0.1) is 0 Å². The van der Waals surface area contributed by atoms with Gasteiger partial charge in [0.1, 0.15) is 16.9 Å². The fourth-order valence-electron chi connectivity index (χ4n) is 3.18. The van der Waals surface area contributed by atoms with Gasteiger partial charge in [-0.15, -0.1) is 0 Å². The number of anilines is 1. The lowest BCUT2D eigenvalue weighted by atomic mass is 10.3. The number of imidazole rings is 1. The average Bonchev–Trinajstić information content (AvgIpc) is 3.05. The Morgan fingerprint density at radius 2 is 2.13 bits per heavy atom. The van der Waals surface area contributed by atoms with Crippen molar-refractivity contribution in [2.75, 3.05) is 12.8 Å². The Morgan fingerprint density at radius 1 is 1.43 bits per heavy atom. The highest BCUT2D eigenvalue weighted by Crippen LogP contribution is 2.21. The molecule has 0 saturated heterocycles. The van der Waals surface area contributed by atoms with Gasteiger partial charge in [-0.05, 0) is 41.9 Å². The molecule has 11 heteroatoms. The third-order valence-electron chi connectivity index (χ3n) is 4.41. The minimum Gasteiger partial charge on any atom is -0.497 e. The van der Waals surface area contributed by atoms with Gasteiger partial charge < -0.3 is 20.9 Å². The van der Waals surface area contributed by atoms with E-state index in [-0.39, 0.29) is 23.9 Å². The predicted molar refractivity (Wildman–Crippen MR) is 114 cm³/mol. The van der Waals surface area contributed by atoms with Crippen molar-refractivity contribution in [3.63, 3.8) is 0 Å². The molecular formula is C19H24BrN6O4+. The fraction of sp³-hybridized carbons (Fsp3) is 0.316. The van der Waals surface area contributed by atoms with Gasteiger partial charge in [-0.2, -0.15) is 0 Å². The summed E-state index contributed by atoms with van der Waals surface area (Å²) in [5.74, 6) is 1.51. The van der Waals surface area contributed by atoms with Gasteiger partial charge >= 0.3 is 0 Å². The number of methoxy groups -OCH3 is 1. The van der Waals surface area contributed by atoms with Crippen molar-refractivity contribution in [1.29, 1.82) is 0 Å². The number of benzene rings is 1. The number of nitrogens with one attached hydrogen (secondary N) is 1. The lowest BCUT2D eigenvalue weighted by Gasteiger charge is -2.07. The van der Waals surface area contributed by atoms with Crippen LogP contribution >= 0.6 is 15.9 Å². The van der Waals surface area contributed by atoms with Crippen molar-refractivity contribution in [2.45, 2.75) is 33.5 Å². The maximum atomic E-state index is 12.6. The molecule has 0 unspecified atom stereocenters. The maximum Gasteiger partial charge on any atom is 0.290 e. The lowest BCUT2D eigenvalue weighted by Crippen LogP contribution is -2.40. The van der Waals surface area contributed by atoms with E-state index in [1.54, 1.807) is 7.11 Å². The Bertz CT molecular complexity index is 1050. The number of aromatic nitrogens is 4. The summed E-state index contributed by atoms with van der Waals surface area (Å²) in [5.41, 5.74) is 8.04. The predicted octanol–water partition coefficient (Wildman–Crippen LogP) is 1.74. The van der Waals surface area contributed by atoms with Gasteiger partial charge in [0.25, 0.3) is 18.2 Å². The Kier molecular flexibility index (Phi) is 8.10. The van der Waals surface area contributed by atoms with Crippen molar-refractivity contribution in [3.8, 4) is 5.75 Å². The zero-order chi connectivity index (χ0) is 22.3. The number of ether oxygens (including phenoxy) is 1. The Hall–Kier alpha value is -3.21. The van der Waals surface area contributed by atoms with Gasteiger partial charge in [0, 0.05) is 6.07 Å². The van der Waals surface area contributed by atoms with Crippen LogP contribution in [-0.4, -0.2) is 39.1 Å².